The summed E-state index contributed by atoms with van der Waals surface area (Å²) in [4.78, 5) is 17.7. The Morgan fingerprint density at radius 3 is 2.33 bits per heavy atom. The van der Waals surface area contributed by atoms with E-state index in [1.807, 2.05) is 36.4 Å². The molecule has 4 rings (SSSR count). The molecule has 152 valence electrons. The summed E-state index contributed by atoms with van der Waals surface area (Å²) in [5.41, 5.74) is 8.68. The molecule has 1 amide bonds. The van der Waals surface area contributed by atoms with Gasteiger partial charge in [0.25, 0.3) is 5.91 Å². The Balaban J connectivity index is 1.53. The van der Waals surface area contributed by atoms with E-state index in [1.54, 1.807) is 6.07 Å². The molecular formula is C22H20BrN5OS. The monoisotopic (exact) mass is 481 g/mol. The maximum absolute atomic E-state index is 12.9. The summed E-state index contributed by atoms with van der Waals surface area (Å²) >= 11 is 4.71. The summed E-state index contributed by atoms with van der Waals surface area (Å²) in [6, 6.07) is 19.8. The number of para-hydroxylation sites is 2. The Morgan fingerprint density at radius 2 is 1.67 bits per heavy atom. The number of nitrogens with one attached hydrogen (secondary N) is 1. The minimum absolute atomic E-state index is 0.243. The number of nitriles is 1. The molecule has 0 bridgehead atoms. The second-order valence-electron chi connectivity index (χ2n) is 6.88. The van der Waals surface area contributed by atoms with Crippen molar-refractivity contribution in [3.05, 3.63) is 69.5 Å². The van der Waals surface area contributed by atoms with Crippen LogP contribution in [0.25, 0.3) is 0 Å². The standard InChI is InChI=1S/C22H20BrN5OS/c23-17-8-4-5-9-18(17)26-21(29)20-19(25)16(14-24)22(30-20)28-12-10-27(11-13-28)15-6-2-1-3-7-15/h1-9H,10-13,25H2,(H,26,29). The molecule has 1 aliphatic rings. The highest BCUT2D eigenvalue weighted by atomic mass is 79.9. The van der Waals surface area contributed by atoms with Crippen molar-refractivity contribution in [1.82, 2.24) is 0 Å². The number of carbonyl (C=O) groups is 1. The van der Waals surface area contributed by atoms with Crippen molar-refractivity contribution >= 4 is 55.2 Å². The lowest BCUT2D eigenvalue weighted by atomic mass is 10.2. The van der Waals surface area contributed by atoms with Crippen LogP contribution in [0.15, 0.2) is 59.1 Å². The van der Waals surface area contributed by atoms with Crippen molar-refractivity contribution in [3.8, 4) is 6.07 Å². The zero-order valence-corrected chi connectivity index (χ0v) is 18.5. The van der Waals surface area contributed by atoms with E-state index in [0.717, 1.165) is 35.7 Å². The molecule has 1 aromatic heterocycles. The number of rotatable bonds is 4. The third kappa shape index (κ3) is 3.99. The summed E-state index contributed by atoms with van der Waals surface area (Å²) < 4.78 is 0.784. The fraction of sp³-hybridized carbons (Fsp3) is 0.182. The number of nitrogen functional groups attached to an aromatic ring is 1. The van der Waals surface area contributed by atoms with Gasteiger partial charge >= 0.3 is 0 Å². The molecule has 0 spiro atoms. The third-order valence-electron chi connectivity index (χ3n) is 5.05. The van der Waals surface area contributed by atoms with Crippen LogP contribution in [0.2, 0.25) is 0 Å². The molecule has 0 atom stereocenters. The summed E-state index contributed by atoms with van der Waals surface area (Å²) in [6.07, 6.45) is 0. The molecule has 0 radical (unpaired) electrons. The van der Waals surface area contributed by atoms with Crippen molar-refractivity contribution < 1.29 is 4.79 Å². The van der Waals surface area contributed by atoms with Gasteiger partial charge in [0.2, 0.25) is 0 Å². The lowest BCUT2D eigenvalue weighted by molar-refractivity contribution is 0.103. The Labute approximate surface area is 187 Å². The van der Waals surface area contributed by atoms with E-state index in [9.17, 15) is 10.1 Å². The van der Waals surface area contributed by atoms with E-state index < -0.39 is 0 Å². The fourth-order valence-electron chi connectivity index (χ4n) is 3.48. The number of anilines is 4. The normalized spacial score (nSPS) is 13.7. The van der Waals surface area contributed by atoms with Gasteiger partial charge in [-0.2, -0.15) is 5.26 Å². The van der Waals surface area contributed by atoms with E-state index in [-0.39, 0.29) is 11.6 Å². The van der Waals surface area contributed by atoms with Crippen molar-refractivity contribution in [2.75, 3.05) is 47.0 Å². The van der Waals surface area contributed by atoms with E-state index in [1.165, 1.54) is 17.0 Å². The topological polar surface area (TPSA) is 85.4 Å². The lowest BCUT2D eigenvalue weighted by Gasteiger charge is -2.36. The number of nitrogens with zero attached hydrogens (tertiary/aromatic N) is 3. The van der Waals surface area contributed by atoms with Crippen LogP contribution in [0, 0.1) is 11.3 Å². The molecule has 2 aromatic carbocycles. The van der Waals surface area contributed by atoms with Gasteiger partial charge in [0, 0.05) is 36.3 Å². The number of hydrogen-bond donors (Lipinski definition) is 2. The predicted molar refractivity (Wildman–Crippen MR) is 126 cm³/mol. The second kappa shape index (κ2) is 8.78. The molecule has 8 heteroatoms. The third-order valence-corrected chi connectivity index (χ3v) is 7.01. The van der Waals surface area contributed by atoms with Gasteiger partial charge in [0.1, 0.15) is 21.5 Å². The van der Waals surface area contributed by atoms with Gasteiger partial charge in [-0.25, -0.2) is 0 Å². The fourth-order valence-corrected chi connectivity index (χ4v) is 4.98. The molecule has 6 nitrogen and oxygen atoms in total. The van der Waals surface area contributed by atoms with Gasteiger partial charge in [-0.3, -0.25) is 4.79 Å². The minimum Gasteiger partial charge on any atom is -0.396 e. The summed E-state index contributed by atoms with van der Waals surface area (Å²) in [5, 5.41) is 13.3. The Bertz CT molecular complexity index is 1100. The average molecular weight is 482 g/mol. The molecule has 0 unspecified atom stereocenters. The summed E-state index contributed by atoms with van der Waals surface area (Å²) in [5.74, 6) is -0.310. The molecule has 1 aliphatic heterocycles. The van der Waals surface area contributed by atoms with Crippen molar-refractivity contribution in [3.63, 3.8) is 0 Å². The van der Waals surface area contributed by atoms with Crippen LogP contribution in [0.3, 0.4) is 0 Å². The van der Waals surface area contributed by atoms with Gasteiger partial charge in [-0.05, 0) is 40.2 Å². The highest BCUT2D eigenvalue weighted by molar-refractivity contribution is 9.10. The molecule has 1 saturated heterocycles. The van der Waals surface area contributed by atoms with Crippen LogP contribution in [0.4, 0.5) is 22.1 Å². The first-order valence-corrected chi connectivity index (χ1v) is 11.1. The number of nitrogens with two attached hydrogens (primary N) is 1. The number of halogens is 1. The number of carbonyl (C=O) groups excluding carboxylic acids is 1. The number of piperazine rings is 1. The summed E-state index contributed by atoms with van der Waals surface area (Å²) in [6.45, 7) is 3.19. The zero-order chi connectivity index (χ0) is 21.1. The Kier molecular flexibility index (Phi) is 5.93. The number of hydrogen-bond acceptors (Lipinski definition) is 6. The molecule has 0 saturated carbocycles. The largest absolute Gasteiger partial charge is 0.396 e. The summed E-state index contributed by atoms with van der Waals surface area (Å²) in [7, 11) is 0. The first-order valence-electron chi connectivity index (χ1n) is 9.51. The molecule has 1 fully saturated rings. The number of benzene rings is 2. The SMILES string of the molecule is N#Cc1c(N2CCN(c3ccccc3)CC2)sc(C(=O)Nc2ccccc2Br)c1N. The maximum atomic E-state index is 12.9. The first-order chi connectivity index (χ1) is 14.6. The zero-order valence-electron chi connectivity index (χ0n) is 16.1. The number of thiophene rings is 1. The van der Waals surface area contributed by atoms with Crippen LogP contribution >= 0.6 is 27.3 Å². The highest BCUT2D eigenvalue weighted by Crippen LogP contribution is 2.39. The van der Waals surface area contributed by atoms with E-state index in [0.29, 0.717) is 16.1 Å². The Morgan fingerprint density at radius 1 is 1.03 bits per heavy atom. The minimum atomic E-state index is -0.310. The van der Waals surface area contributed by atoms with Crippen LogP contribution in [-0.2, 0) is 0 Å². The van der Waals surface area contributed by atoms with Gasteiger partial charge < -0.3 is 20.9 Å². The first kappa shape index (κ1) is 20.3. The van der Waals surface area contributed by atoms with Crippen LogP contribution in [0.5, 0.6) is 0 Å². The van der Waals surface area contributed by atoms with Crippen molar-refractivity contribution in [2.45, 2.75) is 0 Å². The van der Waals surface area contributed by atoms with Crippen molar-refractivity contribution in [2.24, 2.45) is 0 Å². The predicted octanol–water partition coefficient (Wildman–Crippen LogP) is 4.54. The molecule has 0 aliphatic carbocycles. The van der Waals surface area contributed by atoms with E-state index in [4.69, 9.17) is 5.73 Å². The second-order valence-corrected chi connectivity index (χ2v) is 8.73. The maximum Gasteiger partial charge on any atom is 0.268 e. The quantitative estimate of drug-likeness (QED) is 0.570. The van der Waals surface area contributed by atoms with Gasteiger partial charge in [0.15, 0.2) is 0 Å². The smallest absolute Gasteiger partial charge is 0.268 e. The van der Waals surface area contributed by atoms with Crippen LogP contribution < -0.4 is 20.9 Å². The molecule has 2 heterocycles. The van der Waals surface area contributed by atoms with Crippen LogP contribution in [-0.4, -0.2) is 32.1 Å². The molecule has 30 heavy (non-hydrogen) atoms. The average Bonchev–Trinajstić information content (AvgIpc) is 3.12. The van der Waals surface area contributed by atoms with Gasteiger partial charge in [-0.15, -0.1) is 11.3 Å². The Hall–Kier alpha value is -3.02. The highest BCUT2D eigenvalue weighted by Gasteiger charge is 2.27. The van der Waals surface area contributed by atoms with E-state index >= 15 is 0 Å². The van der Waals surface area contributed by atoms with Gasteiger partial charge in [-0.1, -0.05) is 30.3 Å². The van der Waals surface area contributed by atoms with E-state index in [2.05, 4.69) is 49.2 Å². The lowest BCUT2D eigenvalue weighted by Crippen LogP contribution is -2.46. The molecule has 3 aromatic rings. The molecule has 3 N–H and O–H groups in total. The van der Waals surface area contributed by atoms with Gasteiger partial charge in [0.05, 0.1) is 11.4 Å². The van der Waals surface area contributed by atoms with Crippen molar-refractivity contribution in [1.29, 1.82) is 5.26 Å². The number of amides is 1. The van der Waals surface area contributed by atoms with Crippen LogP contribution in [0.1, 0.15) is 15.2 Å². The molecular weight excluding hydrogens is 462 g/mol.